The fourth-order valence-electron chi connectivity index (χ4n) is 2.22. The molecule has 21 heavy (non-hydrogen) atoms. The summed E-state index contributed by atoms with van der Waals surface area (Å²) in [7, 11) is 0. The normalized spacial score (nSPS) is 13.8. The SMILES string of the molecule is Clc1cc(CNCc2ccccn2)cc2c1OCCCO2. The zero-order chi connectivity index (χ0) is 14.5. The van der Waals surface area contributed by atoms with E-state index in [9.17, 15) is 0 Å². The second-order valence-electron chi connectivity index (χ2n) is 4.88. The molecule has 0 spiro atoms. The van der Waals surface area contributed by atoms with Crippen LogP contribution in [-0.4, -0.2) is 18.2 Å². The van der Waals surface area contributed by atoms with Crippen LogP contribution in [0.2, 0.25) is 5.02 Å². The molecule has 0 atom stereocenters. The van der Waals surface area contributed by atoms with Crippen molar-refractivity contribution in [3.05, 3.63) is 52.8 Å². The van der Waals surface area contributed by atoms with Gasteiger partial charge in [0.15, 0.2) is 11.5 Å². The van der Waals surface area contributed by atoms with Crippen LogP contribution in [0, 0.1) is 0 Å². The summed E-state index contributed by atoms with van der Waals surface area (Å²) in [6.07, 6.45) is 2.67. The first-order chi connectivity index (χ1) is 10.3. The van der Waals surface area contributed by atoms with Crippen LogP contribution in [0.5, 0.6) is 11.5 Å². The molecule has 0 bridgehead atoms. The molecule has 110 valence electrons. The fraction of sp³-hybridized carbons (Fsp3) is 0.312. The lowest BCUT2D eigenvalue weighted by Gasteiger charge is -2.12. The van der Waals surface area contributed by atoms with Gasteiger partial charge in [-0.1, -0.05) is 17.7 Å². The number of nitrogens with zero attached hydrogens (tertiary/aromatic N) is 1. The topological polar surface area (TPSA) is 43.4 Å². The molecular formula is C16H17ClN2O2. The molecule has 0 saturated heterocycles. The lowest BCUT2D eigenvalue weighted by Crippen LogP contribution is -2.13. The molecule has 2 heterocycles. The molecule has 2 aromatic rings. The third-order valence-corrected chi connectivity index (χ3v) is 3.50. The van der Waals surface area contributed by atoms with Crippen molar-refractivity contribution >= 4 is 11.6 Å². The quantitative estimate of drug-likeness (QED) is 0.942. The number of hydrogen-bond acceptors (Lipinski definition) is 4. The Morgan fingerprint density at radius 1 is 1.14 bits per heavy atom. The standard InChI is InChI=1S/C16H17ClN2O2/c17-14-8-12(9-15-16(14)21-7-3-6-20-15)10-18-11-13-4-1-2-5-19-13/h1-2,4-5,8-9,18H,3,6-7,10-11H2. The van der Waals surface area contributed by atoms with Crippen LogP contribution >= 0.6 is 11.6 Å². The summed E-state index contributed by atoms with van der Waals surface area (Å²) >= 11 is 6.27. The van der Waals surface area contributed by atoms with E-state index in [1.165, 1.54) is 0 Å². The van der Waals surface area contributed by atoms with Gasteiger partial charge in [-0.05, 0) is 29.8 Å². The van der Waals surface area contributed by atoms with E-state index in [0.29, 0.717) is 37.1 Å². The third-order valence-electron chi connectivity index (χ3n) is 3.22. The van der Waals surface area contributed by atoms with E-state index in [2.05, 4.69) is 10.3 Å². The van der Waals surface area contributed by atoms with Gasteiger partial charge >= 0.3 is 0 Å². The van der Waals surface area contributed by atoms with Crippen LogP contribution in [0.4, 0.5) is 0 Å². The molecule has 0 fully saturated rings. The summed E-state index contributed by atoms with van der Waals surface area (Å²) in [5.74, 6) is 1.39. The van der Waals surface area contributed by atoms with Gasteiger partial charge in [0, 0.05) is 25.7 Å². The first kappa shape index (κ1) is 14.2. The van der Waals surface area contributed by atoms with E-state index in [4.69, 9.17) is 21.1 Å². The summed E-state index contributed by atoms with van der Waals surface area (Å²) < 4.78 is 11.3. The molecule has 0 aliphatic carbocycles. The smallest absolute Gasteiger partial charge is 0.179 e. The Morgan fingerprint density at radius 2 is 2.05 bits per heavy atom. The van der Waals surface area contributed by atoms with Gasteiger partial charge in [0.1, 0.15) is 0 Å². The molecule has 3 rings (SSSR count). The molecule has 5 heteroatoms. The zero-order valence-electron chi connectivity index (χ0n) is 11.6. The molecule has 1 aliphatic rings. The van der Waals surface area contributed by atoms with E-state index in [1.54, 1.807) is 6.20 Å². The van der Waals surface area contributed by atoms with Gasteiger partial charge in [0.05, 0.1) is 23.9 Å². The summed E-state index contributed by atoms with van der Waals surface area (Å²) in [5.41, 5.74) is 2.08. The van der Waals surface area contributed by atoms with Gasteiger partial charge in [-0.15, -0.1) is 0 Å². The van der Waals surface area contributed by atoms with E-state index >= 15 is 0 Å². The summed E-state index contributed by atoms with van der Waals surface area (Å²) in [6, 6.07) is 9.79. The minimum absolute atomic E-state index is 0.601. The number of hydrogen-bond donors (Lipinski definition) is 1. The number of halogens is 1. The van der Waals surface area contributed by atoms with Crippen molar-refractivity contribution in [1.29, 1.82) is 0 Å². The number of rotatable bonds is 4. The van der Waals surface area contributed by atoms with Crippen molar-refractivity contribution in [2.75, 3.05) is 13.2 Å². The molecule has 0 saturated carbocycles. The maximum absolute atomic E-state index is 6.27. The molecule has 4 nitrogen and oxygen atoms in total. The fourth-order valence-corrected chi connectivity index (χ4v) is 2.51. The molecule has 1 aliphatic heterocycles. The number of nitrogens with one attached hydrogen (secondary N) is 1. The lowest BCUT2D eigenvalue weighted by atomic mass is 10.2. The van der Waals surface area contributed by atoms with Gasteiger partial charge < -0.3 is 14.8 Å². The third kappa shape index (κ3) is 3.65. The van der Waals surface area contributed by atoms with Crippen LogP contribution in [-0.2, 0) is 13.1 Å². The largest absolute Gasteiger partial charge is 0.489 e. The zero-order valence-corrected chi connectivity index (χ0v) is 12.4. The van der Waals surface area contributed by atoms with Crippen molar-refractivity contribution in [2.24, 2.45) is 0 Å². The average molecular weight is 305 g/mol. The maximum Gasteiger partial charge on any atom is 0.179 e. The Balaban J connectivity index is 1.66. The van der Waals surface area contributed by atoms with E-state index in [1.807, 2.05) is 30.3 Å². The Kier molecular flexibility index (Phi) is 4.58. The summed E-state index contributed by atoms with van der Waals surface area (Å²) in [6.45, 7) is 2.72. The van der Waals surface area contributed by atoms with Crippen molar-refractivity contribution in [3.63, 3.8) is 0 Å². The monoisotopic (exact) mass is 304 g/mol. The van der Waals surface area contributed by atoms with Crippen molar-refractivity contribution < 1.29 is 9.47 Å². The van der Waals surface area contributed by atoms with Crippen molar-refractivity contribution in [2.45, 2.75) is 19.5 Å². The van der Waals surface area contributed by atoms with E-state index < -0.39 is 0 Å². The minimum atomic E-state index is 0.601. The van der Waals surface area contributed by atoms with E-state index in [-0.39, 0.29) is 0 Å². The predicted octanol–water partition coefficient (Wildman–Crippen LogP) is 3.19. The summed E-state index contributed by atoms with van der Waals surface area (Å²) in [5, 5.41) is 3.95. The molecule has 1 aromatic heterocycles. The van der Waals surface area contributed by atoms with Gasteiger partial charge in [-0.2, -0.15) is 0 Å². The Bertz CT molecular complexity index is 605. The maximum atomic E-state index is 6.27. The summed E-state index contributed by atoms with van der Waals surface area (Å²) in [4.78, 5) is 4.28. The van der Waals surface area contributed by atoms with Gasteiger partial charge in [-0.3, -0.25) is 4.98 Å². The minimum Gasteiger partial charge on any atom is -0.489 e. The predicted molar refractivity (Wildman–Crippen MR) is 81.8 cm³/mol. The molecule has 0 unspecified atom stereocenters. The molecule has 1 N–H and O–H groups in total. The highest BCUT2D eigenvalue weighted by Crippen LogP contribution is 2.37. The highest BCUT2D eigenvalue weighted by atomic mass is 35.5. The molecular weight excluding hydrogens is 288 g/mol. The van der Waals surface area contributed by atoms with Gasteiger partial charge in [0.2, 0.25) is 0 Å². The van der Waals surface area contributed by atoms with Crippen LogP contribution in [0.25, 0.3) is 0 Å². The molecule has 0 amide bonds. The van der Waals surface area contributed by atoms with Crippen molar-refractivity contribution in [1.82, 2.24) is 10.3 Å². The second-order valence-corrected chi connectivity index (χ2v) is 5.29. The second kappa shape index (κ2) is 6.78. The average Bonchev–Trinajstić information content (AvgIpc) is 2.74. The van der Waals surface area contributed by atoms with Gasteiger partial charge in [-0.25, -0.2) is 0 Å². The Hall–Kier alpha value is -1.78. The number of ether oxygens (including phenoxy) is 2. The van der Waals surface area contributed by atoms with Gasteiger partial charge in [0.25, 0.3) is 0 Å². The highest BCUT2D eigenvalue weighted by molar-refractivity contribution is 6.32. The number of pyridine rings is 1. The molecule has 1 aromatic carbocycles. The highest BCUT2D eigenvalue weighted by Gasteiger charge is 2.15. The van der Waals surface area contributed by atoms with Crippen LogP contribution in [0.1, 0.15) is 17.7 Å². The van der Waals surface area contributed by atoms with E-state index in [0.717, 1.165) is 23.4 Å². The number of aromatic nitrogens is 1. The first-order valence-electron chi connectivity index (χ1n) is 7.01. The Labute approximate surface area is 129 Å². The van der Waals surface area contributed by atoms with Crippen LogP contribution in [0.15, 0.2) is 36.5 Å². The van der Waals surface area contributed by atoms with Crippen LogP contribution in [0.3, 0.4) is 0 Å². The molecule has 0 radical (unpaired) electrons. The Morgan fingerprint density at radius 3 is 2.90 bits per heavy atom. The van der Waals surface area contributed by atoms with Crippen LogP contribution < -0.4 is 14.8 Å². The first-order valence-corrected chi connectivity index (χ1v) is 7.39. The van der Waals surface area contributed by atoms with Crippen molar-refractivity contribution in [3.8, 4) is 11.5 Å². The lowest BCUT2D eigenvalue weighted by molar-refractivity contribution is 0.297. The number of benzene rings is 1. The number of fused-ring (bicyclic) bond motifs is 1.